The molecule has 0 aromatic carbocycles. The van der Waals surface area contributed by atoms with Crippen molar-refractivity contribution in [1.82, 2.24) is 15.0 Å². The number of rotatable bonds is 6. The van der Waals surface area contributed by atoms with E-state index in [0.29, 0.717) is 5.69 Å². The number of amides is 1. The summed E-state index contributed by atoms with van der Waals surface area (Å²) in [7, 11) is -3.64. The highest BCUT2D eigenvalue weighted by molar-refractivity contribution is 7.89. The Hall–Kier alpha value is -1.51. The van der Waals surface area contributed by atoms with Crippen LogP contribution in [0.5, 0.6) is 0 Å². The van der Waals surface area contributed by atoms with Gasteiger partial charge in [0.25, 0.3) is 0 Å². The van der Waals surface area contributed by atoms with Gasteiger partial charge >= 0.3 is 0 Å². The molecule has 8 heteroatoms. The highest BCUT2D eigenvalue weighted by Gasteiger charge is 2.17. The zero-order valence-electron chi connectivity index (χ0n) is 10.0. The summed E-state index contributed by atoms with van der Waals surface area (Å²) < 4.78 is 26.2. The van der Waals surface area contributed by atoms with E-state index < -0.39 is 10.0 Å². The highest BCUT2D eigenvalue weighted by Crippen LogP contribution is 2.11. The lowest BCUT2D eigenvalue weighted by atomic mass is 10.3. The van der Waals surface area contributed by atoms with Crippen molar-refractivity contribution < 1.29 is 13.2 Å². The van der Waals surface area contributed by atoms with Gasteiger partial charge in [-0.1, -0.05) is 0 Å². The second-order valence-corrected chi connectivity index (χ2v) is 5.27. The van der Waals surface area contributed by atoms with Crippen LogP contribution in [0.3, 0.4) is 0 Å². The molecular formula is C10H16N4O3S. The molecule has 0 aliphatic heterocycles. The van der Waals surface area contributed by atoms with Gasteiger partial charge < -0.3 is 11.1 Å². The minimum Gasteiger partial charge on any atom is -0.355 e. The number of nitrogens with zero attached hydrogens (tertiary/aromatic N) is 1. The average Bonchev–Trinajstić information content (AvgIpc) is 2.34. The molecule has 1 rings (SSSR count). The number of carbonyl (C=O) groups is 1. The van der Waals surface area contributed by atoms with Gasteiger partial charge in [0.15, 0.2) is 0 Å². The highest BCUT2D eigenvalue weighted by atomic mass is 32.2. The first-order valence-electron chi connectivity index (χ1n) is 5.35. The largest absolute Gasteiger partial charge is 0.355 e. The molecule has 0 spiro atoms. The summed E-state index contributed by atoms with van der Waals surface area (Å²) in [4.78, 5) is 14.6. The molecule has 0 fully saturated rings. The summed E-state index contributed by atoms with van der Waals surface area (Å²) in [5, 5.41) is 2.49. The molecule has 1 aromatic heterocycles. The van der Waals surface area contributed by atoms with Crippen molar-refractivity contribution in [2.75, 3.05) is 13.1 Å². The molecular weight excluding hydrogens is 256 g/mol. The Morgan fingerprint density at radius 3 is 2.78 bits per heavy atom. The van der Waals surface area contributed by atoms with E-state index in [9.17, 15) is 13.2 Å². The Morgan fingerprint density at radius 2 is 2.17 bits per heavy atom. The third-order valence-corrected chi connectivity index (χ3v) is 3.66. The molecule has 7 nitrogen and oxygen atoms in total. The van der Waals surface area contributed by atoms with E-state index in [-0.39, 0.29) is 30.4 Å². The van der Waals surface area contributed by atoms with Gasteiger partial charge in [-0.05, 0) is 12.1 Å². The third kappa shape index (κ3) is 4.06. The van der Waals surface area contributed by atoms with Crippen LogP contribution in [0.25, 0.3) is 0 Å². The Bertz CT molecular complexity index is 516. The van der Waals surface area contributed by atoms with Crippen LogP contribution in [0.2, 0.25) is 0 Å². The number of hydrogen-bond donors (Lipinski definition) is 3. The van der Waals surface area contributed by atoms with E-state index in [4.69, 9.17) is 5.73 Å². The molecule has 100 valence electrons. The van der Waals surface area contributed by atoms with Gasteiger partial charge in [0.2, 0.25) is 15.9 Å². The van der Waals surface area contributed by atoms with Crippen molar-refractivity contribution in [3.63, 3.8) is 0 Å². The number of carbonyl (C=O) groups excluding carboxylic acids is 1. The van der Waals surface area contributed by atoms with Crippen LogP contribution in [0.15, 0.2) is 23.2 Å². The van der Waals surface area contributed by atoms with Gasteiger partial charge in [-0.3, -0.25) is 9.78 Å². The maximum absolute atomic E-state index is 11.9. The first kappa shape index (κ1) is 14.6. The lowest BCUT2D eigenvalue weighted by Gasteiger charge is -2.09. The summed E-state index contributed by atoms with van der Waals surface area (Å²) in [5.74, 6) is -0.210. The van der Waals surface area contributed by atoms with Crippen LogP contribution in [0.4, 0.5) is 0 Å². The number of hydrogen-bond acceptors (Lipinski definition) is 5. The van der Waals surface area contributed by atoms with Gasteiger partial charge in [0.05, 0.1) is 5.69 Å². The molecule has 18 heavy (non-hydrogen) atoms. The number of nitrogens with two attached hydrogens (primary N) is 1. The number of aromatic nitrogens is 1. The molecule has 0 aliphatic rings. The van der Waals surface area contributed by atoms with Gasteiger partial charge in [-0.2, -0.15) is 0 Å². The summed E-state index contributed by atoms with van der Waals surface area (Å²) in [6.45, 7) is 1.75. The molecule has 0 saturated carbocycles. The van der Waals surface area contributed by atoms with Crippen molar-refractivity contribution >= 4 is 15.9 Å². The van der Waals surface area contributed by atoms with Crippen LogP contribution in [0, 0.1) is 0 Å². The lowest BCUT2D eigenvalue weighted by Crippen LogP contribution is -2.34. The normalized spacial score (nSPS) is 11.2. The predicted octanol–water partition coefficient (Wildman–Crippen LogP) is -1.05. The second-order valence-electron chi connectivity index (χ2n) is 3.53. The minimum absolute atomic E-state index is 0.0444. The summed E-state index contributed by atoms with van der Waals surface area (Å²) in [5.41, 5.74) is 5.74. The summed E-state index contributed by atoms with van der Waals surface area (Å²) in [6, 6.07) is 2.97. The van der Waals surface area contributed by atoms with E-state index in [1.165, 1.54) is 25.3 Å². The minimum atomic E-state index is -3.64. The van der Waals surface area contributed by atoms with Crippen molar-refractivity contribution in [2.45, 2.75) is 18.4 Å². The van der Waals surface area contributed by atoms with Crippen molar-refractivity contribution in [3.05, 3.63) is 24.0 Å². The van der Waals surface area contributed by atoms with Gasteiger partial charge in [0.1, 0.15) is 4.90 Å². The SMILES string of the molecule is CC(=O)NCCNS(=O)(=O)c1cccnc1CN. The number of pyridine rings is 1. The molecule has 4 N–H and O–H groups in total. The number of sulfonamides is 1. The van der Waals surface area contributed by atoms with Gasteiger partial charge in [0, 0.05) is 32.8 Å². The Balaban J connectivity index is 2.71. The molecule has 1 aromatic rings. The maximum atomic E-state index is 11.9. The van der Waals surface area contributed by atoms with Crippen LogP contribution in [0.1, 0.15) is 12.6 Å². The van der Waals surface area contributed by atoms with Crippen LogP contribution >= 0.6 is 0 Å². The third-order valence-electron chi connectivity index (χ3n) is 2.12. The van der Waals surface area contributed by atoms with E-state index >= 15 is 0 Å². The zero-order chi connectivity index (χ0) is 13.6. The van der Waals surface area contributed by atoms with Gasteiger partial charge in [-0.15, -0.1) is 0 Å². The fraction of sp³-hybridized carbons (Fsp3) is 0.400. The molecule has 1 amide bonds. The van der Waals surface area contributed by atoms with Crippen molar-refractivity contribution in [3.8, 4) is 0 Å². The monoisotopic (exact) mass is 272 g/mol. The molecule has 0 aliphatic carbocycles. The average molecular weight is 272 g/mol. The first-order valence-corrected chi connectivity index (χ1v) is 6.83. The van der Waals surface area contributed by atoms with Crippen LogP contribution in [-0.2, 0) is 21.4 Å². The zero-order valence-corrected chi connectivity index (χ0v) is 10.8. The van der Waals surface area contributed by atoms with Gasteiger partial charge in [-0.25, -0.2) is 13.1 Å². The fourth-order valence-electron chi connectivity index (χ4n) is 1.32. The molecule has 0 saturated heterocycles. The molecule has 0 radical (unpaired) electrons. The first-order chi connectivity index (χ1) is 8.47. The van der Waals surface area contributed by atoms with Crippen LogP contribution in [-0.4, -0.2) is 32.4 Å². The Labute approximate surface area is 106 Å². The molecule has 0 unspecified atom stereocenters. The molecule has 1 heterocycles. The van der Waals surface area contributed by atoms with E-state index in [1.807, 2.05) is 0 Å². The quantitative estimate of drug-likeness (QED) is 0.572. The lowest BCUT2D eigenvalue weighted by molar-refractivity contribution is -0.118. The predicted molar refractivity (Wildman–Crippen MR) is 66.0 cm³/mol. The van der Waals surface area contributed by atoms with Crippen molar-refractivity contribution in [2.24, 2.45) is 5.73 Å². The smallest absolute Gasteiger partial charge is 0.242 e. The van der Waals surface area contributed by atoms with E-state index in [2.05, 4.69) is 15.0 Å². The topological polar surface area (TPSA) is 114 Å². The maximum Gasteiger partial charge on any atom is 0.242 e. The fourth-order valence-corrected chi connectivity index (χ4v) is 2.55. The van der Waals surface area contributed by atoms with Crippen LogP contribution < -0.4 is 15.8 Å². The Kier molecular flexibility index (Phi) is 5.20. The Morgan fingerprint density at radius 1 is 1.44 bits per heavy atom. The number of nitrogens with one attached hydrogen (secondary N) is 2. The van der Waals surface area contributed by atoms with E-state index in [0.717, 1.165) is 0 Å². The molecule has 0 bridgehead atoms. The second kappa shape index (κ2) is 6.43. The van der Waals surface area contributed by atoms with Crippen molar-refractivity contribution in [1.29, 1.82) is 0 Å². The summed E-state index contributed by atoms with van der Waals surface area (Å²) in [6.07, 6.45) is 1.48. The standard InChI is InChI=1S/C10H16N4O3S/c1-8(15)12-5-6-14-18(16,17)10-3-2-4-13-9(10)7-11/h2-4,14H,5-7,11H2,1H3,(H,12,15). The van der Waals surface area contributed by atoms with E-state index in [1.54, 1.807) is 0 Å². The summed E-state index contributed by atoms with van der Waals surface area (Å²) >= 11 is 0. The molecule has 0 atom stereocenters.